The van der Waals surface area contributed by atoms with Crippen molar-refractivity contribution >= 4 is 57.2 Å². The van der Waals surface area contributed by atoms with Crippen LogP contribution in [0.4, 0.5) is 0 Å². The van der Waals surface area contributed by atoms with E-state index in [4.69, 9.17) is 55.9 Å². The van der Waals surface area contributed by atoms with E-state index in [1.54, 1.807) is 12.1 Å². The molecule has 0 fully saturated rings. The maximum Gasteiger partial charge on any atom is 0.135 e. The normalized spacial score (nSPS) is 14.7. The lowest BCUT2D eigenvalue weighted by molar-refractivity contribution is 0.00672. The molecule has 2 atom stereocenters. The molecule has 4 aromatic carbocycles. The van der Waals surface area contributed by atoms with Crippen molar-refractivity contribution in [3.05, 3.63) is 124 Å². The lowest BCUT2D eigenvalue weighted by atomic mass is 10.1. The van der Waals surface area contributed by atoms with E-state index in [0.717, 1.165) is 29.8 Å². The van der Waals surface area contributed by atoms with Crippen LogP contribution in [-0.2, 0) is 11.3 Å². The number of fused-ring (bicyclic) bond motifs is 1. The number of halogens is 4. The Kier molecular flexibility index (Phi) is 9.44. The van der Waals surface area contributed by atoms with Crippen LogP contribution in [-0.4, -0.2) is 35.1 Å². The van der Waals surface area contributed by atoms with Gasteiger partial charge in [0.25, 0.3) is 0 Å². The zero-order valence-corrected chi connectivity index (χ0v) is 24.2. The van der Waals surface area contributed by atoms with Gasteiger partial charge in [0.05, 0.1) is 19.9 Å². The van der Waals surface area contributed by atoms with Gasteiger partial charge in [0.1, 0.15) is 17.4 Å². The summed E-state index contributed by atoms with van der Waals surface area (Å²) in [4.78, 5) is 4.28. The van der Waals surface area contributed by atoms with Gasteiger partial charge in [0.2, 0.25) is 0 Å². The van der Waals surface area contributed by atoms with Crippen LogP contribution >= 0.6 is 46.4 Å². The van der Waals surface area contributed by atoms with Crippen molar-refractivity contribution in [2.24, 2.45) is 0 Å². The quantitative estimate of drug-likeness (QED) is 0.0972. The number of alkyl halides is 1. The second-order valence-corrected chi connectivity index (χ2v) is 11.1. The zero-order chi connectivity index (χ0) is 27.2. The van der Waals surface area contributed by atoms with Gasteiger partial charge in [0, 0.05) is 34.0 Å². The van der Waals surface area contributed by atoms with Gasteiger partial charge in [-0.15, -0.1) is 0 Å². The van der Waals surface area contributed by atoms with E-state index in [2.05, 4.69) is 40.3 Å². The summed E-state index contributed by atoms with van der Waals surface area (Å²) in [7, 11) is 0. The van der Waals surface area contributed by atoms with E-state index >= 15 is 0 Å². The van der Waals surface area contributed by atoms with Crippen LogP contribution in [0.25, 0.3) is 10.8 Å². The molecule has 0 radical (unpaired) electrons. The molecule has 1 heterocycles. The Balaban J connectivity index is 1.16. The van der Waals surface area contributed by atoms with Gasteiger partial charge < -0.3 is 19.3 Å². The summed E-state index contributed by atoms with van der Waals surface area (Å²) in [5.74, 6) is 0.886. The molecule has 0 aliphatic carbocycles. The molecule has 0 saturated heterocycles. The van der Waals surface area contributed by atoms with Gasteiger partial charge in [-0.05, 0) is 64.7 Å². The molecule has 0 bridgehead atoms. The van der Waals surface area contributed by atoms with Crippen molar-refractivity contribution < 1.29 is 9.47 Å². The first-order valence-corrected chi connectivity index (χ1v) is 14.3. The molecule has 4 aromatic rings. The van der Waals surface area contributed by atoms with E-state index < -0.39 is 11.6 Å². The van der Waals surface area contributed by atoms with Crippen molar-refractivity contribution in [2.45, 2.75) is 24.6 Å². The third-order valence-electron chi connectivity index (χ3n) is 6.59. The highest BCUT2D eigenvalue weighted by Crippen LogP contribution is 2.33. The summed E-state index contributed by atoms with van der Waals surface area (Å²) in [6.45, 7) is 2.42. The van der Waals surface area contributed by atoms with Crippen LogP contribution in [0, 0.1) is 0 Å². The molecule has 0 amide bonds. The molecule has 2 unspecified atom stereocenters. The predicted octanol–water partition coefficient (Wildman–Crippen LogP) is 9.14. The highest BCUT2D eigenvalue weighted by molar-refractivity contribution is 6.35. The third kappa shape index (κ3) is 7.33. The number of hydrogen-bond donors (Lipinski definition) is 0. The van der Waals surface area contributed by atoms with E-state index in [0.29, 0.717) is 35.0 Å². The lowest BCUT2D eigenvalue weighted by Gasteiger charge is -2.31. The van der Waals surface area contributed by atoms with Crippen LogP contribution in [0.1, 0.15) is 23.7 Å². The van der Waals surface area contributed by atoms with Crippen LogP contribution in [0.5, 0.6) is 5.75 Å². The first kappa shape index (κ1) is 27.9. The van der Waals surface area contributed by atoms with Crippen LogP contribution < -0.4 is 4.74 Å². The first-order chi connectivity index (χ1) is 19.0. The molecule has 39 heavy (non-hydrogen) atoms. The summed E-state index contributed by atoms with van der Waals surface area (Å²) in [5.41, 5.74) is 1.32. The molecule has 0 saturated carbocycles. The maximum atomic E-state index is 7.02. The summed E-state index contributed by atoms with van der Waals surface area (Å²) in [6, 6.07) is 27.4. The Morgan fingerprint density at radius 3 is 2.36 bits per heavy atom. The monoisotopic (exact) mass is 600 g/mol. The molecule has 4 nitrogen and oxygen atoms in total. The molecule has 1 aliphatic rings. The fourth-order valence-corrected chi connectivity index (χ4v) is 5.42. The third-order valence-corrected chi connectivity index (χ3v) is 7.91. The second kappa shape index (κ2) is 13.2. The SMILES string of the molecule is Clc1ccc(C(OCc2ccc(Cl)cc2Cl)C(Cl)N2C=CN(CCCOc3ccc4ccccc4c3)C2)cc1. The number of rotatable bonds is 11. The van der Waals surface area contributed by atoms with Crippen molar-refractivity contribution in [2.75, 3.05) is 19.8 Å². The molecule has 0 aromatic heterocycles. The fraction of sp³-hybridized carbons (Fsp3) is 0.226. The fourth-order valence-electron chi connectivity index (χ4n) is 4.48. The van der Waals surface area contributed by atoms with Crippen LogP contribution in [0.15, 0.2) is 97.3 Å². The van der Waals surface area contributed by atoms with Gasteiger partial charge in [-0.25, -0.2) is 0 Å². The van der Waals surface area contributed by atoms with Gasteiger partial charge in [-0.3, -0.25) is 0 Å². The van der Waals surface area contributed by atoms with Crippen molar-refractivity contribution in [3.63, 3.8) is 0 Å². The second-order valence-electron chi connectivity index (χ2n) is 9.37. The number of nitrogens with zero attached hydrogens (tertiary/aromatic N) is 2. The van der Waals surface area contributed by atoms with Gasteiger partial charge >= 0.3 is 0 Å². The Labute approximate surface area is 249 Å². The minimum atomic E-state index is -0.452. The molecule has 202 valence electrons. The molecular formula is C31H28Cl4N2O2. The van der Waals surface area contributed by atoms with E-state index in [1.165, 1.54) is 10.8 Å². The zero-order valence-electron chi connectivity index (χ0n) is 21.2. The highest BCUT2D eigenvalue weighted by atomic mass is 35.5. The maximum absolute atomic E-state index is 7.02. The van der Waals surface area contributed by atoms with Crippen molar-refractivity contribution in [1.29, 1.82) is 0 Å². The van der Waals surface area contributed by atoms with E-state index in [1.807, 2.05) is 54.7 Å². The summed E-state index contributed by atoms with van der Waals surface area (Å²) in [5, 5.41) is 4.18. The Bertz CT molecular complexity index is 1430. The standard InChI is InChI=1S/C31H28Cl4N2O2/c32-26-10-6-23(7-11-26)30(39-20-25-8-12-27(33)19-29(25)34)31(35)37-16-15-36(21-37)14-3-17-38-28-13-9-22-4-1-2-5-24(22)18-28/h1-2,4-13,15-16,18-19,30-31H,3,14,17,20-21H2. The van der Waals surface area contributed by atoms with Crippen molar-refractivity contribution in [3.8, 4) is 5.75 Å². The number of benzene rings is 4. The van der Waals surface area contributed by atoms with Gasteiger partial charge in [-0.1, -0.05) is 94.9 Å². The molecule has 1 aliphatic heterocycles. The average molecular weight is 602 g/mol. The van der Waals surface area contributed by atoms with Crippen LogP contribution in [0.3, 0.4) is 0 Å². The first-order valence-electron chi connectivity index (χ1n) is 12.7. The summed E-state index contributed by atoms with van der Waals surface area (Å²) in [6.07, 6.45) is 4.52. The Morgan fingerprint density at radius 2 is 1.56 bits per heavy atom. The Hall–Kier alpha value is -2.60. The minimum absolute atomic E-state index is 0.292. The minimum Gasteiger partial charge on any atom is -0.494 e. The van der Waals surface area contributed by atoms with E-state index in [-0.39, 0.29) is 0 Å². The van der Waals surface area contributed by atoms with Crippen LogP contribution in [0.2, 0.25) is 15.1 Å². The van der Waals surface area contributed by atoms with Crippen molar-refractivity contribution in [1.82, 2.24) is 9.80 Å². The molecule has 0 N–H and O–H groups in total. The predicted molar refractivity (Wildman–Crippen MR) is 162 cm³/mol. The molecule has 0 spiro atoms. The topological polar surface area (TPSA) is 24.9 Å². The van der Waals surface area contributed by atoms with E-state index in [9.17, 15) is 0 Å². The smallest absolute Gasteiger partial charge is 0.135 e. The van der Waals surface area contributed by atoms with Gasteiger partial charge in [0.15, 0.2) is 0 Å². The molecule has 5 rings (SSSR count). The number of ether oxygens (including phenoxy) is 2. The molecular weight excluding hydrogens is 574 g/mol. The largest absolute Gasteiger partial charge is 0.494 e. The van der Waals surface area contributed by atoms with Gasteiger partial charge in [-0.2, -0.15) is 0 Å². The average Bonchev–Trinajstić information content (AvgIpc) is 3.42. The highest BCUT2D eigenvalue weighted by Gasteiger charge is 2.29. The summed E-state index contributed by atoms with van der Waals surface area (Å²) >= 11 is 25.6. The lowest BCUT2D eigenvalue weighted by Crippen LogP contribution is -2.36. The Morgan fingerprint density at radius 1 is 0.795 bits per heavy atom. The molecule has 8 heteroatoms. The number of hydrogen-bond acceptors (Lipinski definition) is 4. The summed E-state index contributed by atoms with van der Waals surface area (Å²) < 4.78 is 12.4.